The van der Waals surface area contributed by atoms with Crippen LogP contribution in [-0.4, -0.2) is 29.3 Å². The fraction of sp³-hybridized carbons (Fsp3) is 0.333. The van der Waals surface area contributed by atoms with Gasteiger partial charge in [0, 0.05) is 25.7 Å². The molecule has 0 radical (unpaired) electrons. The first-order valence-electron chi connectivity index (χ1n) is 8.92. The highest BCUT2D eigenvalue weighted by Gasteiger charge is 2.14. The van der Waals surface area contributed by atoms with E-state index >= 15 is 0 Å². The third-order valence-corrected chi connectivity index (χ3v) is 5.79. The summed E-state index contributed by atoms with van der Waals surface area (Å²) in [7, 11) is -1.73. The van der Waals surface area contributed by atoms with Crippen molar-refractivity contribution in [3.8, 4) is 0 Å². The van der Waals surface area contributed by atoms with Gasteiger partial charge in [-0.3, -0.25) is 0 Å². The molecule has 1 aliphatic rings. The lowest BCUT2D eigenvalue weighted by Gasteiger charge is -2.18. The van der Waals surface area contributed by atoms with Gasteiger partial charge in [0.15, 0.2) is 0 Å². The van der Waals surface area contributed by atoms with Gasteiger partial charge in [-0.1, -0.05) is 54.6 Å². The number of rotatable bonds is 7. The van der Waals surface area contributed by atoms with Crippen molar-refractivity contribution < 1.29 is 13.3 Å². The number of hydrogen-bond donors (Lipinski definition) is 0. The Morgan fingerprint density at radius 1 is 0.960 bits per heavy atom. The lowest BCUT2D eigenvalue weighted by molar-refractivity contribution is 0.107. The molecular weight excluding hydrogens is 328 g/mol. The van der Waals surface area contributed by atoms with Crippen molar-refractivity contribution in [2.45, 2.75) is 26.7 Å². The summed E-state index contributed by atoms with van der Waals surface area (Å²) >= 11 is 0. The monoisotopic (exact) mass is 356 g/mol. The molecule has 0 saturated carbocycles. The average molecular weight is 357 g/mol. The Labute approximate surface area is 152 Å². The molecule has 0 N–H and O–H groups in total. The third-order valence-electron chi connectivity index (χ3n) is 3.97. The zero-order valence-corrected chi connectivity index (χ0v) is 16.6. The van der Waals surface area contributed by atoms with E-state index in [1.165, 1.54) is 21.9 Å². The van der Waals surface area contributed by atoms with Gasteiger partial charge in [-0.25, -0.2) is 0 Å². The Morgan fingerprint density at radius 3 is 2.12 bits per heavy atom. The van der Waals surface area contributed by atoms with Crippen LogP contribution in [0.15, 0.2) is 55.1 Å². The second-order valence-electron chi connectivity index (χ2n) is 5.57. The minimum atomic E-state index is -1.73. The quantitative estimate of drug-likeness (QED) is 0.519. The van der Waals surface area contributed by atoms with Crippen LogP contribution >= 0.6 is 0 Å². The summed E-state index contributed by atoms with van der Waals surface area (Å²) in [4.78, 5) is 0. The molecule has 3 nitrogen and oxygen atoms in total. The minimum absolute atomic E-state index is 0.364. The van der Waals surface area contributed by atoms with Gasteiger partial charge >= 0.3 is 9.53 Å². The van der Waals surface area contributed by atoms with Gasteiger partial charge in [0.1, 0.15) is 0 Å². The van der Waals surface area contributed by atoms with Crippen molar-refractivity contribution in [2.24, 2.45) is 0 Å². The van der Waals surface area contributed by atoms with Gasteiger partial charge in [0.2, 0.25) is 0 Å². The molecule has 0 heterocycles. The predicted molar refractivity (Wildman–Crippen MR) is 108 cm³/mol. The van der Waals surface area contributed by atoms with E-state index in [4.69, 9.17) is 13.3 Å². The normalized spacial score (nSPS) is 15.1. The number of benzene rings is 2. The van der Waals surface area contributed by atoms with Crippen LogP contribution in [0, 0.1) is 0 Å². The Hall–Kier alpha value is -1.72. The van der Waals surface area contributed by atoms with Crippen LogP contribution in [0.2, 0.25) is 0 Å². The van der Waals surface area contributed by atoms with Crippen LogP contribution in [0.25, 0.3) is 16.8 Å². The molecule has 25 heavy (non-hydrogen) atoms. The molecular formula is C21H28O3Si. The molecule has 1 atom stereocenters. The van der Waals surface area contributed by atoms with Crippen molar-refractivity contribution in [1.29, 1.82) is 0 Å². The van der Waals surface area contributed by atoms with E-state index in [-0.39, 0.29) is 0 Å². The highest BCUT2D eigenvalue weighted by atomic mass is 28.3. The van der Waals surface area contributed by atoms with Crippen molar-refractivity contribution in [1.82, 2.24) is 0 Å². The molecule has 0 bridgehead atoms. The Balaban J connectivity index is 0.000000199. The first kappa shape index (κ1) is 19.6. The summed E-state index contributed by atoms with van der Waals surface area (Å²) in [5.74, 6) is 0.364. The fourth-order valence-electron chi connectivity index (χ4n) is 2.89. The fourth-order valence-corrected chi connectivity index (χ4v) is 3.99. The van der Waals surface area contributed by atoms with Crippen LogP contribution in [0.3, 0.4) is 0 Å². The Kier molecular flexibility index (Phi) is 8.08. The average Bonchev–Trinajstić information content (AvgIpc) is 2.64. The zero-order chi connectivity index (χ0) is 18.1. The maximum absolute atomic E-state index is 5.22. The first-order chi connectivity index (χ1) is 12.2. The van der Waals surface area contributed by atoms with Crippen molar-refractivity contribution in [3.63, 3.8) is 0 Å². The molecule has 0 spiro atoms. The zero-order valence-electron chi connectivity index (χ0n) is 15.4. The molecule has 0 aromatic heterocycles. The van der Waals surface area contributed by atoms with Crippen LogP contribution in [0.4, 0.5) is 0 Å². The smallest absolute Gasteiger partial charge is 0.376 e. The Morgan fingerprint density at radius 2 is 1.56 bits per heavy atom. The predicted octanol–water partition coefficient (Wildman–Crippen LogP) is 4.95. The van der Waals surface area contributed by atoms with Crippen molar-refractivity contribution in [2.75, 3.05) is 19.8 Å². The first-order valence-corrected chi connectivity index (χ1v) is 10.3. The van der Waals surface area contributed by atoms with E-state index in [9.17, 15) is 0 Å². The molecule has 0 amide bonds. The molecule has 0 saturated heterocycles. The van der Waals surface area contributed by atoms with Crippen LogP contribution < -0.4 is 0 Å². The lowest BCUT2D eigenvalue weighted by Crippen LogP contribution is -2.27. The molecule has 1 aliphatic carbocycles. The topological polar surface area (TPSA) is 27.7 Å². The summed E-state index contributed by atoms with van der Waals surface area (Å²) in [6, 6.07) is 12.9. The Bertz CT molecular complexity index is 692. The summed E-state index contributed by atoms with van der Waals surface area (Å²) < 4.78 is 15.7. The van der Waals surface area contributed by atoms with E-state index in [2.05, 4.69) is 55.1 Å². The SMILES string of the molecule is C=CC1C=Cc2cccc3cccc1c23.CCO[SiH](OCC)OCC. The van der Waals surface area contributed by atoms with Gasteiger partial charge < -0.3 is 13.3 Å². The summed E-state index contributed by atoms with van der Waals surface area (Å²) in [5, 5.41) is 2.70. The van der Waals surface area contributed by atoms with E-state index in [0.717, 1.165) is 0 Å². The van der Waals surface area contributed by atoms with Gasteiger partial charge in [0.25, 0.3) is 0 Å². The van der Waals surface area contributed by atoms with Crippen LogP contribution in [0.1, 0.15) is 37.8 Å². The van der Waals surface area contributed by atoms with Crippen molar-refractivity contribution in [3.05, 3.63) is 66.3 Å². The van der Waals surface area contributed by atoms with Crippen LogP contribution in [0.5, 0.6) is 0 Å². The molecule has 2 aromatic carbocycles. The largest absolute Gasteiger partial charge is 0.484 e. The van der Waals surface area contributed by atoms with Crippen LogP contribution in [-0.2, 0) is 13.3 Å². The third kappa shape index (κ3) is 5.12. The van der Waals surface area contributed by atoms with Gasteiger partial charge in [-0.15, -0.1) is 6.58 Å². The standard InChI is InChI=1S/C15H12.C6H16O3Si/c1-2-11-9-10-13-6-3-5-12-7-4-8-14(11)15(12)13;1-4-7-10(8-5-2)9-6-3/h2-11H,1H2;10H,4-6H2,1-3H3. The second kappa shape index (κ2) is 10.3. The number of hydrogen-bond acceptors (Lipinski definition) is 3. The van der Waals surface area contributed by atoms with Gasteiger partial charge in [0.05, 0.1) is 0 Å². The molecule has 2 aromatic rings. The van der Waals surface area contributed by atoms with Gasteiger partial charge in [-0.05, 0) is 42.7 Å². The molecule has 4 heteroatoms. The minimum Gasteiger partial charge on any atom is -0.376 e. The molecule has 134 valence electrons. The number of allylic oxidation sites excluding steroid dienone is 2. The maximum atomic E-state index is 5.22. The summed E-state index contributed by atoms with van der Waals surface area (Å²) in [5.41, 5.74) is 2.70. The van der Waals surface area contributed by atoms with E-state index in [1.807, 2.05) is 26.8 Å². The van der Waals surface area contributed by atoms with E-state index in [0.29, 0.717) is 25.7 Å². The highest BCUT2D eigenvalue weighted by molar-refractivity contribution is 6.36. The molecule has 3 rings (SSSR count). The highest BCUT2D eigenvalue weighted by Crippen LogP contribution is 2.34. The van der Waals surface area contributed by atoms with Gasteiger partial charge in [-0.2, -0.15) is 0 Å². The summed E-state index contributed by atoms with van der Waals surface area (Å²) in [6.45, 7) is 11.8. The summed E-state index contributed by atoms with van der Waals surface area (Å²) in [6.07, 6.45) is 6.41. The maximum Gasteiger partial charge on any atom is 0.484 e. The van der Waals surface area contributed by atoms with E-state index < -0.39 is 9.53 Å². The molecule has 0 fully saturated rings. The molecule has 1 unspecified atom stereocenters. The second-order valence-corrected chi connectivity index (χ2v) is 7.15. The van der Waals surface area contributed by atoms with Crippen molar-refractivity contribution >= 4 is 26.4 Å². The molecule has 0 aliphatic heterocycles. The van der Waals surface area contributed by atoms with E-state index in [1.54, 1.807) is 0 Å². The lowest BCUT2D eigenvalue weighted by atomic mass is 9.86.